The zero-order valence-corrected chi connectivity index (χ0v) is 16.2. The smallest absolute Gasteiger partial charge is 0.232 e. The first-order valence-corrected chi connectivity index (χ1v) is 10.6. The quantitative estimate of drug-likeness (QED) is 0.385. The molecule has 2 rings (SSSR count). The van der Waals surface area contributed by atoms with Crippen LogP contribution < -0.4 is 4.74 Å². The van der Waals surface area contributed by atoms with E-state index in [9.17, 15) is 0 Å². The number of hydrogen-bond acceptors (Lipinski definition) is 4. The van der Waals surface area contributed by atoms with E-state index in [2.05, 4.69) is 29.2 Å². The third-order valence-corrected chi connectivity index (χ3v) is 5.53. The molecule has 0 aliphatic heterocycles. The van der Waals surface area contributed by atoms with Crippen LogP contribution >= 0.6 is 11.3 Å². The fourth-order valence-corrected chi connectivity index (χ4v) is 3.80. The van der Waals surface area contributed by atoms with Gasteiger partial charge in [0.15, 0.2) is 0 Å². The molecular formula is C20H32N2OS. The number of thiophene rings is 1. The van der Waals surface area contributed by atoms with Crippen LogP contribution in [0.15, 0.2) is 11.6 Å². The zero-order valence-electron chi connectivity index (χ0n) is 15.4. The summed E-state index contributed by atoms with van der Waals surface area (Å²) >= 11 is 1.74. The average molecular weight is 349 g/mol. The van der Waals surface area contributed by atoms with Crippen molar-refractivity contribution in [2.75, 3.05) is 6.61 Å². The summed E-state index contributed by atoms with van der Waals surface area (Å²) in [6.07, 6.45) is 16.2. The average Bonchev–Trinajstić information content (AvgIpc) is 3.02. The second kappa shape index (κ2) is 11.4. The lowest BCUT2D eigenvalue weighted by atomic mass is 10.1. The first kappa shape index (κ1) is 19.2. The third kappa shape index (κ3) is 6.39. The molecule has 4 heteroatoms. The van der Waals surface area contributed by atoms with E-state index in [0.29, 0.717) is 5.88 Å². The summed E-state index contributed by atoms with van der Waals surface area (Å²) in [6, 6.07) is 0. The molecule has 3 nitrogen and oxygen atoms in total. The van der Waals surface area contributed by atoms with Gasteiger partial charge in [-0.15, -0.1) is 11.3 Å². The van der Waals surface area contributed by atoms with Gasteiger partial charge in [0.05, 0.1) is 18.3 Å². The van der Waals surface area contributed by atoms with Crippen LogP contribution in [0.5, 0.6) is 5.88 Å². The predicted octanol–water partition coefficient (Wildman–Crippen LogP) is 6.55. The van der Waals surface area contributed by atoms with Crippen molar-refractivity contribution < 1.29 is 4.74 Å². The highest BCUT2D eigenvalue weighted by molar-refractivity contribution is 7.11. The first-order valence-electron chi connectivity index (χ1n) is 9.71. The highest BCUT2D eigenvalue weighted by atomic mass is 32.1. The van der Waals surface area contributed by atoms with E-state index in [4.69, 9.17) is 4.74 Å². The molecule has 0 radical (unpaired) electrons. The molecule has 0 N–H and O–H groups in total. The van der Waals surface area contributed by atoms with Gasteiger partial charge in [0.2, 0.25) is 5.88 Å². The van der Waals surface area contributed by atoms with Crippen molar-refractivity contribution >= 4 is 22.4 Å². The molecule has 0 amide bonds. The van der Waals surface area contributed by atoms with Gasteiger partial charge in [-0.25, -0.2) is 9.97 Å². The van der Waals surface area contributed by atoms with Crippen LogP contribution in [-0.2, 0) is 6.42 Å². The van der Waals surface area contributed by atoms with Crippen molar-refractivity contribution in [2.24, 2.45) is 0 Å². The maximum Gasteiger partial charge on any atom is 0.232 e. The van der Waals surface area contributed by atoms with E-state index in [1.54, 1.807) is 17.5 Å². The second-order valence-electron chi connectivity index (χ2n) is 6.48. The van der Waals surface area contributed by atoms with Crippen LogP contribution in [0.2, 0.25) is 0 Å². The molecule has 0 bridgehead atoms. The van der Waals surface area contributed by atoms with Gasteiger partial charge < -0.3 is 4.74 Å². The van der Waals surface area contributed by atoms with Crippen LogP contribution in [0.1, 0.15) is 82.9 Å². The number of unbranched alkanes of at least 4 members (excludes halogenated alkanes) is 9. The number of nitrogens with zero attached hydrogens (tertiary/aromatic N) is 2. The van der Waals surface area contributed by atoms with E-state index in [0.717, 1.165) is 30.5 Å². The third-order valence-electron chi connectivity index (χ3n) is 4.42. The lowest BCUT2D eigenvalue weighted by Gasteiger charge is -2.05. The van der Waals surface area contributed by atoms with Crippen molar-refractivity contribution in [3.63, 3.8) is 0 Å². The summed E-state index contributed by atoms with van der Waals surface area (Å²) in [5, 5.41) is 2.08. The lowest BCUT2D eigenvalue weighted by molar-refractivity contribution is 0.293. The highest BCUT2D eigenvalue weighted by Gasteiger charge is 2.07. The molecule has 24 heavy (non-hydrogen) atoms. The molecule has 0 aliphatic carbocycles. The molecule has 0 fully saturated rings. The van der Waals surface area contributed by atoms with Crippen molar-refractivity contribution in [1.29, 1.82) is 0 Å². The van der Waals surface area contributed by atoms with Crippen LogP contribution in [0.25, 0.3) is 11.0 Å². The van der Waals surface area contributed by atoms with Gasteiger partial charge in [-0.05, 0) is 12.8 Å². The SMILES string of the molecule is CCCCCCCCCCCCOc1cnc2csc(CC)c2n1. The molecule has 0 aromatic carbocycles. The van der Waals surface area contributed by atoms with Crippen molar-refractivity contribution in [2.45, 2.75) is 84.5 Å². The summed E-state index contributed by atoms with van der Waals surface area (Å²) in [4.78, 5) is 10.4. The number of aryl methyl sites for hydroxylation is 1. The van der Waals surface area contributed by atoms with Crippen LogP contribution in [0.3, 0.4) is 0 Å². The van der Waals surface area contributed by atoms with E-state index in [-0.39, 0.29) is 0 Å². The minimum atomic E-state index is 0.673. The van der Waals surface area contributed by atoms with Gasteiger partial charge in [0, 0.05) is 10.3 Å². The molecule has 0 saturated carbocycles. The molecule has 0 saturated heterocycles. The summed E-state index contributed by atoms with van der Waals surface area (Å²) in [5.41, 5.74) is 2.01. The molecule has 2 heterocycles. The molecule has 2 aromatic rings. The standard InChI is InChI=1S/C20H32N2OS/c1-3-5-6-7-8-9-10-11-12-13-14-23-19-15-21-17-16-24-18(4-2)20(17)22-19/h15-16H,3-14H2,1-2H3. The first-order chi connectivity index (χ1) is 11.8. The minimum Gasteiger partial charge on any atom is -0.477 e. The number of hydrogen-bond donors (Lipinski definition) is 0. The Hall–Kier alpha value is -1.16. The Kier molecular flexibility index (Phi) is 9.11. The summed E-state index contributed by atoms with van der Waals surface area (Å²) < 4.78 is 5.79. The van der Waals surface area contributed by atoms with E-state index < -0.39 is 0 Å². The molecule has 0 unspecified atom stereocenters. The number of aromatic nitrogens is 2. The van der Waals surface area contributed by atoms with Gasteiger partial charge in [0.1, 0.15) is 5.52 Å². The Morgan fingerprint density at radius 2 is 1.58 bits per heavy atom. The number of fused-ring (bicyclic) bond motifs is 1. The Bertz CT molecular complexity index is 582. The maximum absolute atomic E-state index is 5.79. The summed E-state index contributed by atoms with van der Waals surface area (Å²) in [5.74, 6) is 0.673. The summed E-state index contributed by atoms with van der Waals surface area (Å²) in [7, 11) is 0. The van der Waals surface area contributed by atoms with Gasteiger partial charge >= 0.3 is 0 Å². The van der Waals surface area contributed by atoms with Crippen molar-refractivity contribution in [3.05, 3.63) is 16.5 Å². The number of rotatable bonds is 13. The maximum atomic E-state index is 5.79. The van der Waals surface area contributed by atoms with Crippen LogP contribution in [-0.4, -0.2) is 16.6 Å². The van der Waals surface area contributed by atoms with E-state index in [1.165, 1.54) is 62.7 Å². The van der Waals surface area contributed by atoms with Crippen molar-refractivity contribution in [1.82, 2.24) is 9.97 Å². The predicted molar refractivity (Wildman–Crippen MR) is 104 cm³/mol. The Labute approximate surface area is 150 Å². The van der Waals surface area contributed by atoms with Gasteiger partial charge in [-0.3, -0.25) is 0 Å². The Morgan fingerprint density at radius 3 is 2.25 bits per heavy atom. The monoisotopic (exact) mass is 348 g/mol. The lowest BCUT2D eigenvalue weighted by Crippen LogP contribution is -2.00. The highest BCUT2D eigenvalue weighted by Crippen LogP contribution is 2.24. The fraction of sp³-hybridized carbons (Fsp3) is 0.700. The molecule has 0 atom stereocenters. The molecule has 0 aliphatic rings. The van der Waals surface area contributed by atoms with Gasteiger partial charge in [0.25, 0.3) is 0 Å². The molecule has 0 spiro atoms. The van der Waals surface area contributed by atoms with E-state index in [1.807, 2.05) is 0 Å². The normalized spacial score (nSPS) is 11.2. The summed E-state index contributed by atoms with van der Waals surface area (Å²) in [6.45, 7) is 5.18. The van der Waals surface area contributed by atoms with Gasteiger partial charge in [-0.2, -0.15) is 0 Å². The van der Waals surface area contributed by atoms with Crippen LogP contribution in [0.4, 0.5) is 0 Å². The van der Waals surface area contributed by atoms with Crippen LogP contribution in [0, 0.1) is 0 Å². The van der Waals surface area contributed by atoms with Gasteiger partial charge in [-0.1, -0.05) is 71.6 Å². The topological polar surface area (TPSA) is 35.0 Å². The minimum absolute atomic E-state index is 0.673. The molecule has 134 valence electrons. The molecular weight excluding hydrogens is 316 g/mol. The van der Waals surface area contributed by atoms with E-state index >= 15 is 0 Å². The fourth-order valence-electron chi connectivity index (χ4n) is 2.94. The molecule has 2 aromatic heterocycles. The number of ether oxygens (including phenoxy) is 1. The Balaban J connectivity index is 1.55. The zero-order chi connectivity index (χ0) is 17.0. The largest absolute Gasteiger partial charge is 0.477 e. The van der Waals surface area contributed by atoms with Crippen molar-refractivity contribution in [3.8, 4) is 5.88 Å². The second-order valence-corrected chi connectivity index (χ2v) is 7.45. The Morgan fingerprint density at radius 1 is 0.917 bits per heavy atom.